The van der Waals surface area contributed by atoms with Gasteiger partial charge < -0.3 is 15.0 Å². The van der Waals surface area contributed by atoms with E-state index in [9.17, 15) is 19.2 Å². The minimum atomic E-state index is -1.10. The summed E-state index contributed by atoms with van der Waals surface area (Å²) in [4.78, 5) is 50.5. The first-order valence-corrected chi connectivity index (χ1v) is 5.36. The van der Waals surface area contributed by atoms with Crippen molar-refractivity contribution in [3.05, 3.63) is 32.6 Å². The molecule has 2 heterocycles. The maximum absolute atomic E-state index is 12.0. The fourth-order valence-corrected chi connectivity index (χ4v) is 1.99. The molecule has 0 aliphatic carbocycles. The lowest BCUT2D eigenvalue weighted by Gasteiger charge is -2.20. The van der Waals surface area contributed by atoms with Crippen molar-refractivity contribution < 1.29 is 14.7 Å². The number of amides is 1. The number of carboxylic acids is 1. The van der Waals surface area contributed by atoms with E-state index in [1.165, 1.54) is 0 Å². The Hall–Kier alpha value is -2.38. The molecular formula is C10H11N3O5. The van der Waals surface area contributed by atoms with Crippen molar-refractivity contribution in [2.45, 2.75) is 18.9 Å². The number of nitrogens with zero attached hydrogens (tertiary/aromatic N) is 1. The van der Waals surface area contributed by atoms with Crippen molar-refractivity contribution in [3.8, 4) is 0 Å². The van der Waals surface area contributed by atoms with Crippen LogP contribution in [0, 0.1) is 0 Å². The van der Waals surface area contributed by atoms with Gasteiger partial charge in [-0.1, -0.05) is 0 Å². The van der Waals surface area contributed by atoms with Gasteiger partial charge in [-0.15, -0.1) is 0 Å². The molecule has 0 spiro atoms. The quantitative estimate of drug-likeness (QED) is 0.607. The first-order valence-electron chi connectivity index (χ1n) is 5.36. The van der Waals surface area contributed by atoms with Gasteiger partial charge in [-0.2, -0.15) is 0 Å². The van der Waals surface area contributed by atoms with Crippen LogP contribution in [0.1, 0.15) is 23.2 Å². The zero-order valence-corrected chi connectivity index (χ0v) is 9.30. The third kappa shape index (κ3) is 2.04. The third-order valence-electron chi connectivity index (χ3n) is 2.85. The van der Waals surface area contributed by atoms with Gasteiger partial charge in [-0.05, 0) is 12.8 Å². The molecule has 1 atom stereocenters. The molecule has 3 N–H and O–H groups in total. The largest absolute Gasteiger partial charge is 0.480 e. The first-order chi connectivity index (χ1) is 8.50. The van der Waals surface area contributed by atoms with Crippen LogP contribution >= 0.6 is 0 Å². The summed E-state index contributed by atoms with van der Waals surface area (Å²) in [6.07, 6.45) is 1.94. The Bertz CT molecular complexity index is 602. The molecular weight excluding hydrogens is 242 g/mol. The van der Waals surface area contributed by atoms with Crippen molar-refractivity contribution >= 4 is 11.9 Å². The summed E-state index contributed by atoms with van der Waals surface area (Å²) >= 11 is 0. The second-order valence-corrected chi connectivity index (χ2v) is 3.98. The Balaban J connectivity index is 2.34. The number of hydrogen-bond acceptors (Lipinski definition) is 4. The summed E-state index contributed by atoms with van der Waals surface area (Å²) in [7, 11) is 0. The number of aromatic nitrogens is 2. The lowest BCUT2D eigenvalue weighted by Crippen LogP contribution is -2.43. The molecule has 96 valence electrons. The number of aromatic amines is 2. The highest BCUT2D eigenvalue weighted by Gasteiger charge is 2.35. The molecule has 1 saturated heterocycles. The van der Waals surface area contributed by atoms with Gasteiger partial charge in [0.2, 0.25) is 0 Å². The highest BCUT2D eigenvalue weighted by molar-refractivity contribution is 5.96. The monoisotopic (exact) mass is 253 g/mol. The van der Waals surface area contributed by atoms with E-state index in [-0.39, 0.29) is 12.1 Å². The van der Waals surface area contributed by atoms with Gasteiger partial charge in [0.05, 0.1) is 0 Å². The van der Waals surface area contributed by atoms with Gasteiger partial charge in [-0.3, -0.25) is 14.6 Å². The van der Waals surface area contributed by atoms with Crippen LogP contribution in [0.2, 0.25) is 0 Å². The molecule has 1 aliphatic rings. The predicted octanol–water partition coefficient (Wildman–Crippen LogP) is -1.25. The van der Waals surface area contributed by atoms with Gasteiger partial charge >= 0.3 is 11.7 Å². The number of nitrogens with one attached hydrogen (secondary N) is 2. The molecule has 0 bridgehead atoms. The maximum Gasteiger partial charge on any atom is 0.326 e. The van der Waals surface area contributed by atoms with Gasteiger partial charge in [0, 0.05) is 12.7 Å². The second-order valence-electron chi connectivity index (χ2n) is 3.98. The highest BCUT2D eigenvalue weighted by atomic mass is 16.4. The van der Waals surface area contributed by atoms with E-state index < -0.39 is 29.2 Å². The molecule has 1 aromatic rings. The van der Waals surface area contributed by atoms with Gasteiger partial charge in [0.15, 0.2) is 0 Å². The molecule has 8 heteroatoms. The number of aliphatic carboxylic acids is 1. The van der Waals surface area contributed by atoms with E-state index in [1.54, 1.807) is 0 Å². The summed E-state index contributed by atoms with van der Waals surface area (Å²) in [5.41, 5.74) is -1.80. The summed E-state index contributed by atoms with van der Waals surface area (Å²) in [6.45, 7) is 0.286. The van der Waals surface area contributed by atoms with Crippen LogP contribution in [0.3, 0.4) is 0 Å². The van der Waals surface area contributed by atoms with Crippen LogP contribution in [0.15, 0.2) is 15.8 Å². The van der Waals surface area contributed by atoms with E-state index in [0.717, 1.165) is 11.1 Å². The molecule has 1 amide bonds. The molecule has 8 nitrogen and oxygen atoms in total. The third-order valence-corrected chi connectivity index (χ3v) is 2.85. The fraction of sp³-hybridized carbons (Fsp3) is 0.400. The number of H-pyrrole nitrogens is 2. The van der Waals surface area contributed by atoms with Crippen LogP contribution in [0.4, 0.5) is 0 Å². The molecule has 2 rings (SSSR count). The number of carbonyl (C=O) groups excluding carboxylic acids is 1. The van der Waals surface area contributed by atoms with Crippen LogP contribution in [-0.4, -0.2) is 44.4 Å². The summed E-state index contributed by atoms with van der Waals surface area (Å²) < 4.78 is 0. The minimum absolute atomic E-state index is 0.261. The van der Waals surface area contributed by atoms with Crippen molar-refractivity contribution in [2.75, 3.05) is 6.54 Å². The van der Waals surface area contributed by atoms with Crippen LogP contribution in [0.5, 0.6) is 0 Å². The SMILES string of the molecule is O=C(O)[C@@H]1CCCN1C(=O)c1c[nH]c(=O)[nH]c1=O. The number of hydrogen-bond donors (Lipinski definition) is 3. The second kappa shape index (κ2) is 4.47. The topological polar surface area (TPSA) is 123 Å². The van der Waals surface area contributed by atoms with Gasteiger partial charge in [0.25, 0.3) is 11.5 Å². The van der Waals surface area contributed by atoms with Crippen molar-refractivity contribution in [2.24, 2.45) is 0 Å². The molecule has 18 heavy (non-hydrogen) atoms. The lowest BCUT2D eigenvalue weighted by atomic mass is 10.2. The first kappa shape index (κ1) is 12.1. The zero-order valence-electron chi connectivity index (χ0n) is 9.30. The Morgan fingerprint density at radius 3 is 2.72 bits per heavy atom. The Morgan fingerprint density at radius 1 is 1.39 bits per heavy atom. The Labute approximate surface area is 100 Å². The Kier molecular flexibility index (Phi) is 3.00. The molecule has 1 aromatic heterocycles. The summed E-state index contributed by atoms with van der Waals surface area (Å²) in [5.74, 6) is -1.78. The van der Waals surface area contributed by atoms with Crippen LogP contribution in [0.25, 0.3) is 0 Å². The van der Waals surface area contributed by atoms with E-state index >= 15 is 0 Å². The number of rotatable bonds is 2. The minimum Gasteiger partial charge on any atom is -0.480 e. The smallest absolute Gasteiger partial charge is 0.326 e. The molecule has 0 saturated carbocycles. The standard InChI is InChI=1S/C10H11N3O5/c14-7-5(4-11-10(18)12-7)8(15)13-3-1-2-6(13)9(16)17/h4,6H,1-3H2,(H,16,17)(H2,11,12,14,18)/t6-/m0/s1. The van der Waals surface area contributed by atoms with Gasteiger partial charge in [-0.25, -0.2) is 9.59 Å². The number of likely N-dealkylation sites (tertiary alicyclic amines) is 1. The average molecular weight is 253 g/mol. The van der Waals surface area contributed by atoms with Gasteiger partial charge in [0.1, 0.15) is 11.6 Å². The number of carbonyl (C=O) groups is 2. The van der Waals surface area contributed by atoms with E-state index in [0.29, 0.717) is 12.8 Å². The number of carboxylic acid groups (broad SMARTS) is 1. The lowest BCUT2D eigenvalue weighted by molar-refractivity contribution is -0.141. The fourth-order valence-electron chi connectivity index (χ4n) is 1.99. The molecule has 0 aromatic carbocycles. The summed E-state index contributed by atoms with van der Waals surface area (Å²) in [5, 5.41) is 8.96. The van der Waals surface area contributed by atoms with Crippen molar-refractivity contribution in [1.82, 2.24) is 14.9 Å². The Morgan fingerprint density at radius 2 is 2.11 bits per heavy atom. The summed E-state index contributed by atoms with van der Waals surface area (Å²) in [6, 6.07) is -0.913. The molecule has 1 fully saturated rings. The maximum atomic E-state index is 12.0. The normalized spacial score (nSPS) is 18.9. The molecule has 1 aliphatic heterocycles. The van der Waals surface area contributed by atoms with E-state index in [1.807, 2.05) is 4.98 Å². The molecule has 0 radical (unpaired) electrons. The predicted molar refractivity (Wildman–Crippen MR) is 59.4 cm³/mol. The van der Waals surface area contributed by atoms with E-state index in [2.05, 4.69) is 4.98 Å². The molecule has 0 unspecified atom stereocenters. The van der Waals surface area contributed by atoms with Crippen molar-refractivity contribution in [1.29, 1.82) is 0 Å². The average Bonchev–Trinajstić information content (AvgIpc) is 2.77. The van der Waals surface area contributed by atoms with E-state index in [4.69, 9.17) is 5.11 Å². The van der Waals surface area contributed by atoms with Crippen LogP contribution in [-0.2, 0) is 4.79 Å². The van der Waals surface area contributed by atoms with Crippen LogP contribution < -0.4 is 11.2 Å². The highest BCUT2D eigenvalue weighted by Crippen LogP contribution is 2.18. The van der Waals surface area contributed by atoms with Crippen molar-refractivity contribution in [3.63, 3.8) is 0 Å². The zero-order chi connectivity index (χ0) is 13.3.